The van der Waals surface area contributed by atoms with Crippen LogP contribution in [0.2, 0.25) is 0 Å². The number of hydrogen-bond acceptors (Lipinski definition) is 6. The number of pyridine rings is 1. The highest BCUT2D eigenvalue weighted by molar-refractivity contribution is 7.17. The number of aromatic nitrogens is 2. The maximum Gasteiger partial charge on any atom is 0.411 e. The Labute approximate surface area is 125 Å². The molecule has 2 aromatic heterocycles. The predicted molar refractivity (Wildman–Crippen MR) is 76.8 cm³/mol. The van der Waals surface area contributed by atoms with Crippen molar-refractivity contribution in [3.63, 3.8) is 0 Å². The lowest BCUT2D eigenvalue weighted by Crippen LogP contribution is -2.15. The van der Waals surface area contributed by atoms with Crippen molar-refractivity contribution in [2.24, 2.45) is 5.73 Å². The average molecular weight is 300 g/mol. The summed E-state index contributed by atoms with van der Waals surface area (Å²) in [6, 6.07) is 6.09. The second kappa shape index (κ2) is 4.82. The summed E-state index contributed by atoms with van der Waals surface area (Å²) in [4.78, 5) is 20.1. The molecule has 2 aromatic rings. The van der Waals surface area contributed by atoms with E-state index in [0.29, 0.717) is 0 Å². The summed E-state index contributed by atoms with van der Waals surface area (Å²) >= 11 is 1.24. The van der Waals surface area contributed by atoms with Crippen molar-refractivity contribution in [2.45, 2.75) is 25.2 Å². The summed E-state index contributed by atoms with van der Waals surface area (Å²) in [5.74, 6) is 0. The first kappa shape index (κ1) is 13.5. The number of rotatable bonds is 3. The Balaban J connectivity index is 1.98. The van der Waals surface area contributed by atoms with E-state index >= 15 is 0 Å². The highest BCUT2D eigenvalue weighted by Crippen LogP contribution is 2.47. The largest absolute Gasteiger partial charge is 0.411 e. The molecule has 1 amide bonds. The molecule has 106 valence electrons. The van der Waals surface area contributed by atoms with Crippen molar-refractivity contribution in [1.29, 1.82) is 5.26 Å². The van der Waals surface area contributed by atoms with Crippen LogP contribution < -0.4 is 10.5 Å². The second-order valence-corrected chi connectivity index (χ2v) is 5.90. The number of aryl methyl sites for hydroxylation is 1. The van der Waals surface area contributed by atoms with Gasteiger partial charge in [-0.2, -0.15) is 5.26 Å². The number of thiazole rings is 1. The van der Waals surface area contributed by atoms with Gasteiger partial charge in [0.1, 0.15) is 0 Å². The van der Waals surface area contributed by atoms with Crippen molar-refractivity contribution >= 4 is 17.4 Å². The first-order valence-corrected chi connectivity index (χ1v) is 7.18. The number of nitrogens with two attached hydrogens (primary N) is 1. The van der Waals surface area contributed by atoms with Crippen LogP contribution in [0.4, 0.5) is 4.79 Å². The van der Waals surface area contributed by atoms with Gasteiger partial charge in [0.15, 0.2) is 0 Å². The van der Waals surface area contributed by atoms with Gasteiger partial charge in [0, 0.05) is 6.20 Å². The summed E-state index contributed by atoms with van der Waals surface area (Å²) in [7, 11) is 0. The molecule has 1 aliphatic rings. The Morgan fingerprint density at radius 3 is 2.95 bits per heavy atom. The van der Waals surface area contributed by atoms with Gasteiger partial charge in [0.25, 0.3) is 5.19 Å². The highest BCUT2D eigenvalue weighted by Gasteiger charge is 2.46. The molecule has 21 heavy (non-hydrogen) atoms. The maximum absolute atomic E-state index is 10.8. The molecule has 1 aliphatic carbocycles. The zero-order valence-corrected chi connectivity index (χ0v) is 12.1. The fraction of sp³-hybridized carbons (Fsp3) is 0.286. The van der Waals surface area contributed by atoms with E-state index in [0.717, 1.165) is 34.7 Å². The Hall–Kier alpha value is -2.46. The minimum Gasteiger partial charge on any atom is -0.381 e. The monoisotopic (exact) mass is 300 g/mol. The summed E-state index contributed by atoms with van der Waals surface area (Å²) in [5, 5.41) is 9.48. The lowest BCUT2D eigenvalue weighted by atomic mass is 10.0. The van der Waals surface area contributed by atoms with E-state index in [-0.39, 0.29) is 5.19 Å². The van der Waals surface area contributed by atoms with Gasteiger partial charge in [-0.05, 0) is 37.5 Å². The minimum atomic E-state index is -0.882. The van der Waals surface area contributed by atoms with Crippen molar-refractivity contribution in [3.05, 3.63) is 29.7 Å². The van der Waals surface area contributed by atoms with E-state index in [1.165, 1.54) is 11.3 Å². The van der Waals surface area contributed by atoms with Crippen molar-refractivity contribution in [2.75, 3.05) is 0 Å². The van der Waals surface area contributed by atoms with Crippen molar-refractivity contribution in [1.82, 2.24) is 9.97 Å². The average Bonchev–Trinajstić information content (AvgIpc) is 3.18. The van der Waals surface area contributed by atoms with Gasteiger partial charge in [-0.25, -0.2) is 9.78 Å². The molecule has 6 nitrogen and oxygen atoms in total. The molecule has 3 rings (SSSR count). The van der Waals surface area contributed by atoms with Crippen molar-refractivity contribution in [3.8, 4) is 21.7 Å². The van der Waals surface area contributed by atoms with Crippen molar-refractivity contribution < 1.29 is 9.53 Å². The van der Waals surface area contributed by atoms with E-state index in [1.54, 1.807) is 6.20 Å². The van der Waals surface area contributed by atoms with Crippen LogP contribution in [0, 0.1) is 18.3 Å². The van der Waals surface area contributed by atoms with E-state index in [4.69, 9.17) is 10.5 Å². The number of nitrogens with zero attached hydrogens (tertiary/aromatic N) is 3. The SMILES string of the molecule is Cc1nc(OC(N)=O)sc1-c1ccnc(C2(C#N)CC2)c1. The second-order valence-electron chi connectivity index (χ2n) is 4.94. The normalized spacial score (nSPS) is 15.2. The van der Waals surface area contributed by atoms with Gasteiger partial charge in [-0.3, -0.25) is 4.98 Å². The molecule has 1 fully saturated rings. The van der Waals surface area contributed by atoms with Crippen LogP contribution in [0.3, 0.4) is 0 Å². The number of amides is 1. The van der Waals surface area contributed by atoms with E-state index < -0.39 is 11.5 Å². The zero-order valence-electron chi connectivity index (χ0n) is 11.3. The summed E-state index contributed by atoms with van der Waals surface area (Å²) < 4.78 is 4.81. The third kappa shape index (κ3) is 2.45. The van der Waals surface area contributed by atoms with Gasteiger partial charge in [0.2, 0.25) is 0 Å². The first-order chi connectivity index (χ1) is 10.0. The molecule has 0 bridgehead atoms. The maximum atomic E-state index is 10.8. The number of nitriles is 1. The molecule has 0 spiro atoms. The van der Waals surface area contributed by atoms with Gasteiger partial charge < -0.3 is 10.5 Å². The fourth-order valence-electron chi connectivity index (χ4n) is 2.15. The smallest absolute Gasteiger partial charge is 0.381 e. The molecule has 0 aromatic carbocycles. The van der Waals surface area contributed by atoms with Crippen LogP contribution in [0.15, 0.2) is 18.3 Å². The highest BCUT2D eigenvalue weighted by atomic mass is 32.1. The lowest BCUT2D eigenvalue weighted by molar-refractivity contribution is 0.210. The first-order valence-electron chi connectivity index (χ1n) is 6.37. The number of ether oxygens (including phenoxy) is 1. The van der Waals surface area contributed by atoms with Crippen LogP contribution in [0.5, 0.6) is 5.19 Å². The number of carbonyl (C=O) groups excluding carboxylic acids is 1. The molecule has 7 heteroatoms. The Morgan fingerprint density at radius 1 is 1.57 bits per heavy atom. The van der Waals surface area contributed by atoms with Gasteiger partial charge in [-0.1, -0.05) is 11.3 Å². The number of hydrogen-bond donors (Lipinski definition) is 1. The molecule has 2 N–H and O–H groups in total. The molecule has 0 atom stereocenters. The van der Waals surface area contributed by atoms with E-state index in [9.17, 15) is 10.1 Å². The molecular weight excluding hydrogens is 288 g/mol. The summed E-state index contributed by atoms with van der Waals surface area (Å²) in [5.41, 5.74) is 7.00. The fourth-order valence-corrected chi connectivity index (χ4v) is 3.07. The zero-order chi connectivity index (χ0) is 15.0. The Kier molecular flexibility index (Phi) is 3.11. The Bertz CT molecular complexity index is 759. The van der Waals surface area contributed by atoms with Gasteiger partial charge in [0.05, 0.1) is 27.7 Å². The van der Waals surface area contributed by atoms with Crippen LogP contribution >= 0.6 is 11.3 Å². The third-order valence-corrected chi connectivity index (χ3v) is 4.53. The molecule has 0 aliphatic heterocycles. The van der Waals surface area contributed by atoms with E-state index in [2.05, 4.69) is 16.0 Å². The van der Waals surface area contributed by atoms with Crippen LogP contribution in [0.1, 0.15) is 24.2 Å². The standard InChI is InChI=1S/C14H12N4O2S/c1-8-11(21-13(18-8)20-12(16)19)9-2-5-17-10(6-9)14(7-15)3-4-14/h2,5-6H,3-4H2,1H3,(H2,16,19). The molecule has 0 unspecified atom stereocenters. The quantitative estimate of drug-likeness (QED) is 0.938. The Morgan fingerprint density at radius 2 is 2.33 bits per heavy atom. The molecule has 2 heterocycles. The summed E-state index contributed by atoms with van der Waals surface area (Å²) in [6.07, 6.45) is 2.50. The molecule has 0 saturated heterocycles. The minimum absolute atomic E-state index is 0.217. The van der Waals surface area contributed by atoms with E-state index in [1.807, 2.05) is 19.1 Å². The van der Waals surface area contributed by atoms with Gasteiger partial charge in [-0.15, -0.1) is 0 Å². The molecule has 0 radical (unpaired) electrons. The molecular formula is C14H12N4O2S. The summed E-state index contributed by atoms with van der Waals surface area (Å²) in [6.45, 7) is 1.83. The predicted octanol–water partition coefficient (Wildman–Crippen LogP) is 2.53. The molecule has 1 saturated carbocycles. The van der Waals surface area contributed by atoms with Crippen LogP contribution in [-0.4, -0.2) is 16.1 Å². The van der Waals surface area contributed by atoms with Crippen LogP contribution in [-0.2, 0) is 5.41 Å². The lowest BCUT2D eigenvalue weighted by Gasteiger charge is -2.06. The number of carbonyl (C=O) groups is 1. The topological polar surface area (TPSA) is 102 Å². The number of primary amides is 1. The van der Waals surface area contributed by atoms with Gasteiger partial charge >= 0.3 is 6.09 Å². The van der Waals surface area contributed by atoms with Crippen LogP contribution in [0.25, 0.3) is 10.4 Å². The third-order valence-electron chi connectivity index (χ3n) is 3.44.